The number of ether oxygens (including phenoxy) is 1. The van der Waals surface area contributed by atoms with Crippen LogP contribution in [0.1, 0.15) is 17.5 Å². The molecule has 0 radical (unpaired) electrons. The number of hydrogen-bond acceptors (Lipinski definition) is 4. The van der Waals surface area contributed by atoms with Crippen molar-refractivity contribution >= 4 is 11.6 Å². The van der Waals surface area contributed by atoms with Gasteiger partial charge in [-0.25, -0.2) is 4.39 Å². The molecule has 144 valence electrons. The third kappa shape index (κ3) is 3.94. The molecule has 1 aromatic heterocycles. The zero-order chi connectivity index (χ0) is 20.2. The van der Waals surface area contributed by atoms with Gasteiger partial charge in [0.1, 0.15) is 18.1 Å². The topological polar surface area (TPSA) is 66.2 Å². The SMILES string of the molecule is N#Cc1ccc(-c2cncc3c2OCCN3C(=O)CCc2cccc(F)c2)cc1. The Balaban J connectivity index is 1.58. The van der Waals surface area contributed by atoms with Crippen molar-refractivity contribution in [3.05, 3.63) is 77.9 Å². The number of amides is 1. The first-order valence-electron chi connectivity index (χ1n) is 9.32. The number of rotatable bonds is 4. The normalized spacial score (nSPS) is 12.6. The highest BCUT2D eigenvalue weighted by Crippen LogP contribution is 2.40. The molecule has 1 amide bonds. The number of benzene rings is 2. The lowest BCUT2D eigenvalue weighted by Crippen LogP contribution is -2.38. The monoisotopic (exact) mass is 387 g/mol. The molecule has 5 nitrogen and oxygen atoms in total. The summed E-state index contributed by atoms with van der Waals surface area (Å²) in [5, 5.41) is 8.98. The summed E-state index contributed by atoms with van der Waals surface area (Å²) < 4.78 is 19.2. The number of nitrogens with zero attached hydrogens (tertiary/aromatic N) is 3. The quantitative estimate of drug-likeness (QED) is 0.676. The first-order valence-corrected chi connectivity index (χ1v) is 9.32. The lowest BCUT2D eigenvalue weighted by atomic mass is 10.0. The molecular weight excluding hydrogens is 369 g/mol. The average molecular weight is 387 g/mol. The van der Waals surface area contributed by atoms with Gasteiger partial charge in [0.25, 0.3) is 0 Å². The van der Waals surface area contributed by atoms with E-state index in [9.17, 15) is 9.18 Å². The number of aromatic nitrogens is 1. The van der Waals surface area contributed by atoms with Crippen LogP contribution in [0, 0.1) is 17.1 Å². The van der Waals surface area contributed by atoms with Gasteiger partial charge in [-0.3, -0.25) is 9.78 Å². The van der Waals surface area contributed by atoms with E-state index in [0.717, 1.165) is 16.7 Å². The number of aryl methyl sites for hydroxylation is 1. The second-order valence-corrected chi connectivity index (χ2v) is 6.75. The highest BCUT2D eigenvalue weighted by molar-refractivity contribution is 5.97. The number of pyridine rings is 1. The number of carbonyl (C=O) groups is 1. The van der Waals surface area contributed by atoms with Gasteiger partial charge in [0.05, 0.1) is 24.4 Å². The Morgan fingerprint density at radius 3 is 2.79 bits per heavy atom. The van der Waals surface area contributed by atoms with E-state index in [4.69, 9.17) is 10.00 Å². The first kappa shape index (κ1) is 18.6. The van der Waals surface area contributed by atoms with Crippen LogP contribution in [0.5, 0.6) is 5.75 Å². The van der Waals surface area contributed by atoms with Gasteiger partial charge in [-0.05, 0) is 41.8 Å². The summed E-state index contributed by atoms with van der Waals surface area (Å²) in [6, 6.07) is 15.5. The molecule has 4 rings (SSSR count). The highest BCUT2D eigenvalue weighted by Gasteiger charge is 2.26. The van der Waals surface area contributed by atoms with Crippen molar-refractivity contribution in [3.8, 4) is 22.9 Å². The van der Waals surface area contributed by atoms with Crippen molar-refractivity contribution in [1.82, 2.24) is 4.98 Å². The zero-order valence-electron chi connectivity index (χ0n) is 15.6. The van der Waals surface area contributed by atoms with Crippen molar-refractivity contribution in [3.63, 3.8) is 0 Å². The minimum absolute atomic E-state index is 0.0578. The van der Waals surface area contributed by atoms with Gasteiger partial charge in [-0.2, -0.15) is 5.26 Å². The molecule has 6 heteroatoms. The van der Waals surface area contributed by atoms with Crippen molar-refractivity contribution in [2.24, 2.45) is 0 Å². The smallest absolute Gasteiger partial charge is 0.227 e. The summed E-state index contributed by atoms with van der Waals surface area (Å²) in [6.07, 6.45) is 4.05. The summed E-state index contributed by atoms with van der Waals surface area (Å²) in [4.78, 5) is 18.8. The molecule has 2 heterocycles. The number of carbonyl (C=O) groups excluding carboxylic acids is 1. The van der Waals surface area contributed by atoms with E-state index in [2.05, 4.69) is 11.1 Å². The van der Waals surface area contributed by atoms with Crippen LogP contribution in [-0.4, -0.2) is 24.0 Å². The number of nitriles is 1. The van der Waals surface area contributed by atoms with Crippen molar-refractivity contribution in [2.75, 3.05) is 18.1 Å². The molecule has 0 N–H and O–H groups in total. The van der Waals surface area contributed by atoms with E-state index < -0.39 is 0 Å². The van der Waals surface area contributed by atoms with E-state index >= 15 is 0 Å². The van der Waals surface area contributed by atoms with Gasteiger partial charge >= 0.3 is 0 Å². The molecule has 0 aliphatic carbocycles. The minimum atomic E-state index is -0.303. The largest absolute Gasteiger partial charge is 0.489 e. The van der Waals surface area contributed by atoms with Crippen LogP contribution in [0.3, 0.4) is 0 Å². The van der Waals surface area contributed by atoms with Crippen LogP contribution in [0.15, 0.2) is 60.9 Å². The molecule has 1 aliphatic heterocycles. The minimum Gasteiger partial charge on any atom is -0.489 e. The average Bonchev–Trinajstić information content (AvgIpc) is 2.77. The van der Waals surface area contributed by atoms with E-state index in [1.807, 2.05) is 18.2 Å². The van der Waals surface area contributed by atoms with Gasteiger partial charge in [0, 0.05) is 18.2 Å². The van der Waals surface area contributed by atoms with Crippen molar-refractivity contribution < 1.29 is 13.9 Å². The van der Waals surface area contributed by atoms with Crippen LogP contribution in [-0.2, 0) is 11.2 Å². The Labute approximate surface area is 168 Å². The molecule has 0 saturated carbocycles. The maximum atomic E-state index is 13.4. The second-order valence-electron chi connectivity index (χ2n) is 6.75. The lowest BCUT2D eigenvalue weighted by molar-refractivity contribution is -0.118. The predicted octanol–water partition coefficient (Wildman–Crippen LogP) is 4.12. The molecule has 0 atom stereocenters. The molecule has 29 heavy (non-hydrogen) atoms. The van der Waals surface area contributed by atoms with Crippen molar-refractivity contribution in [1.29, 1.82) is 5.26 Å². The summed E-state index contributed by atoms with van der Waals surface area (Å²) in [6.45, 7) is 0.819. The summed E-state index contributed by atoms with van der Waals surface area (Å²) in [5.41, 5.74) is 3.62. The Morgan fingerprint density at radius 2 is 2.03 bits per heavy atom. The standard InChI is InChI=1S/C23H18FN3O2/c24-19-3-1-2-16(12-19)6-9-22(28)27-10-11-29-23-20(14-26-15-21(23)27)18-7-4-17(13-25)5-8-18/h1-5,7-8,12,14-15H,6,9-11H2. The fraction of sp³-hybridized carbons (Fsp3) is 0.174. The molecule has 0 saturated heterocycles. The van der Waals surface area contributed by atoms with Crippen LogP contribution in [0.25, 0.3) is 11.1 Å². The van der Waals surface area contributed by atoms with Gasteiger partial charge in [-0.1, -0.05) is 24.3 Å². The molecule has 0 unspecified atom stereocenters. The predicted molar refractivity (Wildman–Crippen MR) is 107 cm³/mol. The van der Waals surface area contributed by atoms with Crippen molar-refractivity contribution in [2.45, 2.75) is 12.8 Å². The number of anilines is 1. The molecule has 3 aromatic rings. The number of hydrogen-bond donors (Lipinski definition) is 0. The number of fused-ring (bicyclic) bond motifs is 1. The fourth-order valence-electron chi connectivity index (χ4n) is 3.41. The molecule has 0 bridgehead atoms. The summed E-state index contributed by atoms with van der Waals surface area (Å²) in [7, 11) is 0. The Morgan fingerprint density at radius 1 is 1.21 bits per heavy atom. The number of halogens is 1. The van der Waals surface area contributed by atoms with Crippen LogP contribution >= 0.6 is 0 Å². The van der Waals surface area contributed by atoms with E-state index in [-0.39, 0.29) is 18.1 Å². The Kier molecular flexibility index (Phi) is 5.21. The molecule has 2 aromatic carbocycles. The van der Waals surface area contributed by atoms with Gasteiger partial charge in [0.15, 0.2) is 5.75 Å². The highest BCUT2D eigenvalue weighted by atomic mass is 19.1. The lowest BCUT2D eigenvalue weighted by Gasteiger charge is -2.30. The fourth-order valence-corrected chi connectivity index (χ4v) is 3.41. The first-order chi connectivity index (χ1) is 14.2. The van der Waals surface area contributed by atoms with Crippen LogP contribution in [0.2, 0.25) is 0 Å². The van der Waals surface area contributed by atoms with Crippen LogP contribution < -0.4 is 9.64 Å². The van der Waals surface area contributed by atoms with E-state index in [0.29, 0.717) is 36.6 Å². The van der Waals surface area contributed by atoms with E-state index in [1.165, 1.54) is 12.1 Å². The molecule has 1 aliphatic rings. The Hall–Kier alpha value is -3.72. The molecule has 0 fully saturated rings. The summed E-state index contributed by atoms with van der Waals surface area (Å²) in [5.74, 6) is 0.246. The van der Waals surface area contributed by atoms with Gasteiger partial charge < -0.3 is 9.64 Å². The molecule has 0 spiro atoms. The third-order valence-electron chi connectivity index (χ3n) is 4.87. The molecular formula is C23H18FN3O2. The van der Waals surface area contributed by atoms with Gasteiger partial charge in [-0.15, -0.1) is 0 Å². The maximum absolute atomic E-state index is 13.4. The third-order valence-corrected chi connectivity index (χ3v) is 4.87. The van der Waals surface area contributed by atoms with Crippen LogP contribution in [0.4, 0.5) is 10.1 Å². The summed E-state index contributed by atoms with van der Waals surface area (Å²) >= 11 is 0. The Bertz CT molecular complexity index is 1090. The van der Waals surface area contributed by atoms with E-state index in [1.54, 1.807) is 35.5 Å². The second kappa shape index (κ2) is 8.11. The zero-order valence-corrected chi connectivity index (χ0v) is 15.6. The maximum Gasteiger partial charge on any atom is 0.227 e. The van der Waals surface area contributed by atoms with Gasteiger partial charge in [0.2, 0.25) is 5.91 Å².